The van der Waals surface area contributed by atoms with Crippen LogP contribution in [0.3, 0.4) is 0 Å². The van der Waals surface area contributed by atoms with Gasteiger partial charge < -0.3 is 0 Å². The van der Waals surface area contributed by atoms with Crippen molar-refractivity contribution in [2.75, 3.05) is 11.4 Å². The van der Waals surface area contributed by atoms with Crippen LogP contribution in [0.15, 0.2) is 28.4 Å². The number of amides is 2. The van der Waals surface area contributed by atoms with E-state index in [2.05, 4.69) is 10.2 Å². The van der Waals surface area contributed by atoms with E-state index in [0.29, 0.717) is 17.3 Å². The summed E-state index contributed by atoms with van der Waals surface area (Å²) >= 11 is 5.87. The molecule has 2 amide bonds. The van der Waals surface area contributed by atoms with Gasteiger partial charge in [-0.3, -0.25) is 9.59 Å². The van der Waals surface area contributed by atoms with Crippen LogP contribution < -0.4 is 4.90 Å². The summed E-state index contributed by atoms with van der Waals surface area (Å²) in [6.07, 6.45) is 0. The van der Waals surface area contributed by atoms with E-state index in [-0.39, 0.29) is 11.8 Å². The number of carbonyl (C=O) groups excluding carboxylic acids is 2. The highest BCUT2D eigenvalue weighted by atomic mass is 35.5. The smallest absolute Gasteiger partial charge is 0.261 e. The third kappa shape index (κ3) is 1.47. The monoisotopic (exact) mass is 263 g/mol. The van der Waals surface area contributed by atoms with Crippen molar-refractivity contribution >= 4 is 29.1 Å². The second kappa shape index (κ2) is 3.88. The van der Waals surface area contributed by atoms with Gasteiger partial charge in [0.1, 0.15) is 0 Å². The number of fused-ring (bicyclic) bond motifs is 1. The van der Waals surface area contributed by atoms with Crippen LogP contribution in [0, 0.1) is 12.8 Å². The minimum absolute atomic E-state index is 0.222. The molecule has 1 fully saturated rings. The number of hydrogen-bond donors (Lipinski definition) is 0. The fourth-order valence-electron chi connectivity index (χ4n) is 2.35. The fraction of sp³-hybridized carbons (Fsp3) is 0.333. The summed E-state index contributed by atoms with van der Waals surface area (Å²) in [5.74, 6) is -0.940. The Morgan fingerprint density at radius 2 is 2.11 bits per heavy atom. The highest BCUT2D eigenvalue weighted by Gasteiger charge is 2.51. The highest BCUT2D eigenvalue weighted by Crippen LogP contribution is 2.34. The average Bonchev–Trinajstić information content (AvgIpc) is 2.87. The van der Waals surface area contributed by atoms with Gasteiger partial charge in [-0.05, 0) is 30.7 Å². The molecule has 0 aromatic heterocycles. The molecule has 2 aliphatic heterocycles. The third-order valence-corrected chi connectivity index (χ3v) is 3.51. The summed E-state index contributed by atoms with van der Waals surface area (Å²) < 4.78 is 0. The van der Waals surface area contributed by atoms with Gasteiger partial charge in [0.15, 0.2) is 6.04 Å². The van der Waals surface area contributed by atoms with E-state index in [1.54, 1.807) is 18.2 Å². The van der Waals surface area contributed by atoms with Crippen molar-refractivity contribution in [2.45, 2.75) is 13.0 Å². The minimum Gasteiger partial charge on any atom is -0.274 e. The molecule has 0 radical (unpaired) electrons. The van der Waals surface area contributed by atoms with Crippen molar-refractivity contribution in [3.8, 4) is 0 Å². The maximum Gasteiger partial charge on any atom is 0.261 e. The maximum atomic E-state index is 12.2. The van der Waals surface area contributed by atoms with Crippen LogP contribution in [-0.2, 0) is 9.59 Å². The van der Waals surface area contributed by atoms with Gasteiger partial charge in [0.2, 0.25) is 5.91 Å². The van der Waals surface area contributed by atoms with Crippen molar-refractivity contribution in [1.29, 1.82) is 0 Å². The van der Waals surface area contributed by atoms with Crippen LogP contribution in [0.2, 0.25) is 5.02 Å². The van der Waals surface area contributed by atoms with Crippen molar-refractivity contribution in [3.63, 3.8) is 0 Å². The molecular weight excluding hydrogens is 254 g/mol. The maximum absolute atomic E-state index is 12.2. The number of nitrogens with zero attached hydrogens (tertiary/aromatic N) is 3. The van der Waals surface area contributed by atoms with E-state index in [9.17, 15) is 9.59 Å². The van der Waals surface area contributed by atoms with E-state index >= 15 is 0 Å². The van der Waals surface area contributed by atoms with E-state index in [0.717, 1.165) is 5.56 Å². The van der Waals surface area contributed by atoms with Crippen LogP contribution in [0.25, 0.3) is 0 Å². The second-order valence-corrected chi connectivity index (χ2v) is 4.87. The largest absolute Gasteiger partial charge is 0.274 e. The molecule has 2 unspecified atom stereocenters. The SMILES string of the molecule is Cc1cc(Cl)ccc1N1C(=O)C2CN=NC2C1=O. The first-order valence-electron chi connectivity index (χ1n) is 5.60. The van der Waals surface area contributed by atoms with E-state index in [4.69, 9.17) is 11.6 Å². The molecule has 2 heterocycles. The van der Waals surface area contributed by atoms with Gasteiger partial charge in [-0.2, -0.15) is 10.2 Å². The predicted octanol–water partition coefficient (Wildman–Crippen LogP) is 1.97. The zero-order chi connectivity index (χ0) is 12.9. The molecule has 2 aliphatic rings. The lowest BCUT2D eigenvalue weighted by Gasteiger charge is -2.17. The number of halogens is 1. The van der Waals surface area contributed by atoms with Crippen molar-refractivity contribution in [1.82, 2.24) is 0 Å². The van der Waals surface area contributed by atoms with E-state index in [1.165, 1.54) is 4.90 Å². The Hall–Kier alpha value is -1.75. The predicted molar refractivity (Wildman–Crippen MR) is 65.7 cm³/mol. The Balaban J connectivity index is 2.04. The van der Waals surface area contributed by atoms with Gasteiger partial charge in [-0.1, -0.05) is 11.6 Å². The van der Waals surface area contributed by atoms with Gasteiger partial charge in [-0.15, -0.1) is 0 Å². The lowest BCUT2D eigenvalue weighted by Crippen LogP contribution is -2.32. The van der Waals surface area contributed by atoms with Crippen LogP contribution in [0.5, 0.6) is 0 Å². The number of azo groups is 1. The molecule has 1 aromatic carbocycles. The second-order valence-electron chi connectivity index (χ2n) is 4.43. The summed E-state index contributed by atoms with van der Waals surface area (Å²) in [6.45, 7) is 2.12. The number of carbonyl (C=O) groups is 2. The quantitative estimate of drug-likeness (QED) is 0.727. The first-order valence-corrected chi connectivity index (χ1v) is 5.98. The van der Waals surface area contributed by atoms with Gasteiger partial charge in [-0.25, -0.2) is 4.90 Å². The van der Waals surface area contributed by atoms with Crippen LogP contribution in [-0.4, -0.2) is 24.4 Å². The Bertz CT molecular complexity index is 585. The first-order chi connectivity index (χ1) is 8.59. The molecule has 0 spiro atoms. The molecule has 0 bridgehead atoms. The van der Waals surface area contributed by atoms with Gasteiger partial charge in [0.25, 0.3) is 5.91 Å². The van der Waals surface area contributed by atoms with Crippen molar-refractivity contribution < 1.29 is 9.59 Å². The summed E-state index contributed by atoms with van der Waals surface area (Å²) in [5, 5.41) is 8.19. The number of aryl methyl sites for hydroxylation is 1. The molecule has 5 nitrogen and oxygen atoms in total. The lowest BCUT2D eigenvalue weighted by molar-refractivity contribution is -0.122. The van der Waals surface area contributed by atoms with Crippen molar-refractivity contribution in [2.24, 2.45) is 16.1 Å². The van der Waals surface area contributed by atoms with E-state index < -0.39 is 12.0 Å². The summed E-state index contributed by atoms with van der Waals surface area (Å²) in [5.41, 5.74) is 1.38. The number of imide groups is 1. The topological polar surface area (TPSA) is 62.1 Å². The van der Waals surface area contributed by atoms with Gasteiger partial charge >= 0.3 is 0 Å². The van der Waals surface area contributed by atoms with Crippen LogP contribution >= 0.6 is 11.6 Å². The normalized spacial score (nSPS) is 26.0. The minimum atomic E-state index is -0.632. The molecule has 18 heavy (non-hydrogen) atoms. The zero-order valence-corrected chi connectivity index (χ0v) is 10.4. The Morgan fingerprint density at radius 1 is 1.33 bits per heavy atom. The summed E-state index contributed by atoms with van der Waals surface area (Å²) in [7, 11) is 0. The number of anilines is 1. The number of benzene rings is 1. The molecule has 0 aliphatic carbocycles. The summed E-state index contributed by atoms with van der Waals surface area (Å²) in [4.78, 5) is 25.5. The average molecular weight is 264 g/mol. The number of hydrogen-bond acceptors (Lipinski definition) is 4. The van der Waals surface area contributed by atoms with Crippen LogP contribution in [0.4, 0.5) is 5.69 Å². The fourth-order valence-corrected chi connectivity index (χ4v) is 2.58. The van der Waals surface area contributed by atoms with Gasteiger partial charge in [0, 0.05) is 5.02 Å². The Labute approximate surface area is 108 Å². The molecular formula is C12H10ClN3O2. The molecule has 0 N–H and O–H groups in total. The molecule has 2 atom stereocenters. The molecule has 6 heteroatoms. The lowest BCUT2D eigenvalue weighted by atomic mass is 10.1. The molecule has 92 valence electrons. The molecule has 1 saturated heterocycles. The standard InChI is InChI=1S/C12H10ClN3O2/c1-6-4-7(13)2-3-9(6)16-11(17)8-5-14-15-10(8)12(16)18/h2-4,8,10H,5H2,1H3. The Kier molecular flexibility index (Phi) is 2.45. The highest BCUT2D eigenvalue weighted by molar-refractivity contribution is 6.31. The van der Waals surface area contributed by atoms with Crippen molar-refractivity contribution in [3.05, 3.63) is 28.8 Å². The first kappa shape index (κ1) is 11.3. The van der Waals surface area contributed by atoms with Gasteiger partial charge in [0.05, 0.1) is 18.2 Å². The summed E-state index contributed by atoms with van der Waals surface area (Å²) in [6, 6.07) is 4.45. The Morgan fingerprint density at radius 3 is 2.78 bits per heavy atom. The van der Waals surface area contributed by atoms with E-state index in [1.807, 2.05) is 6.92 Å². The molecule has 0 saturated carbocycles. The van der Waals surface area contributed by atoms with Crippen LogP contribution in [0.1, 0.15) is 5.56 Å². The molecule has 3 rings (SSSR count). The molecule has 1 aromatic rings. The third-order valence-electron chi connectivity index (χ3n) is 3.28. The number of rotatable bonds is 1. The zero-order valence-electron chi connectivity index (χ0n) is 9.63.